The molecule has 0 aliphatic rings. The summed E-state index contributed by atoms with van der Waals surface area (Å²) in [4.78, 5) is 19.1. The average Bonchev–Trinajstić information content (AvgIpc) is 2.61. The number of nitrogens with zero attached hydrogens (tertiary/aromatic N) is 3. The first-order chi connectivity index (χ1) is 7.50. The Morgan fingerprint density at radius 3 is 2.62 bits per heavy atom. The third kappa shape index (κ3) is 1.61. The van der Waals surface area contributed by atoms with E-state index in [1.54, 1.807) is 0 Å². The molecule has 0 atom stereocenters. The molecule has 16 heavy (non-hydrogen) atoms. The Balaban J connectivity index is 2.76. The third-order valence-electron chi connectivity index (χ3n) is 2.11. The molecule has 2 rings (SSSR count). The Morgan fingerprint density at radius 1 is 1.38 bits per heavy atom. The van der Waals surface area contributed by atoms with E-state index in [2.05, 4.69) is 20.2 Å². The summed E-state index contributed by atoms with van der Waals surface area (Å²) in [5.74, 6) is -0.549. The number of rotatable bonds is 2. The lowest BCUT2D eigenvalue weighted by molar-refractivity contribution is 0.0692. The van der Waals surface area contributed by atoms with Gasteiger partial charge >= 0.3 is 5.97 Å². The van der Waals surface area contributed by atoms with Crippen LogP contribution >= 0.6 is 11.6 Å². The number of aromatic nitrogens is 4. The van der Waals surface area contributed by atoms with Gasteiger partial charge in [-0.2, -0.15) is 5.10 Å². The summed E-state index contributed by atoms with van der Waals surface area (Å²) in [5.41, 5.74) is 0.459. The molecule has 0 aromatic carbocycles. The van der Waals surface area contributed by atoms with E-state index in [0.29, 0.717) is 5.82 Å². The van der Waals surface area contributed by atoms with Gasteiger partial charge in [0.25, 0.3) is 0 Å². The van der Waals surface area contributed by atoms with Gasteiger partial charge in [0.15, 0.2) is 10.8 Å². The van der Waals surface area contributed by atoms with Crippen LogP contribution in [-0.2, 0) is 0 Å². The SMILES string of the molecule is CC(C)c1nc(Cl)c2n[nH]c(C(=O)O)c2n1. The first-order valence-electron chi connectivity index (χ1n) is 4.65. The molecule has 0 aliphatic heterocycles. The van der Waals surface area contributed by atoms with E-state index < -0.39 is 5.97 Å². The Labute approximate surface area is 95.7 Å². The van der Waals surface area contributed by atoms with Gasteiger partial charge < -0.3 is 5.11 Å². The summed E-state index contributed by atoms with van der Waals surface area (Å²) in [6.07, 6.45) is 0. The number of carboxylic acid groups (broad SMARTS) is 1. The molecule has 0 unspecified atom stereocenters. The van der Waals surface area contributed by atoms with Gasteiger partial charge in [0.2, 0.25) is 0 Å². The maximum Gasteiger partial charge on any atom is 0.356 e. The molecule has 0 fully saturated rings. The smallest absolute Gasteiger partial charge is 0.356 e. The number of fused-ring (bicyclic) bond motifs is 1. The number of hydrogen-bond acceptors (Lipinski definition) is 4. The van der Waals surface area contributed by atoms with Crippen molar-refractivity contribution in [3.63, 3.8) is 0 Å². The van der Waals surface area contributed by atoms with Crippen molar-refractivity contribution in [3.05, 3.63) is 16.7 Å². The van der Waals surface area contributed by atoms with E-state index in [1.807, 2.05) is 13.8 Å². The molecule has 2 N–H and O–H groups in total. The fourth-order valence-corrected chi connectivity index (χ4v) is 1.51. The van der Waals surface area contributed by atoms with Gasteiger partial charge in [-0.3, -0.25) is 5.10 Å². The van der Waals surface area contributed by atoms with Crippen molar-refractivity contribution in [1.29, 1.82) is 0 Å². The number of nitrogens with one attached hydrogen (secondary N) is 1. The molecule has 7 heteroatoms. The molecule has 0 amide bonds. The molecule has 2 aromatic heterocycles. The lowest BCUT2D eigenvalue weighted by Gasteiger charge is -2.03. The van der Waals surface area contributed by atoms with E-state index in [1.165, 1.54) is 0 Å². The zero-order valence-corrected chi connectivity index (χ0v) is 9.41. The largest absolute Gasteiger partial charge is 0.476 e. The van der Waals surface area contributed by atoms with E-state index in [-0.39, 0.29) is 27.8 Å². The molecule has 0 bridgehead atoms. The van der Waals surface area contributed by atoms with Crippen molar-refractivity contribution in [1.82, 2.24) is 20.2 Å². The first kappa shape index (κ1) is 10.8. The highest BCUT2D eigenvalue weighted by atomic mass is 35.5. The van der Waals surface area contributed by atoms with Crippen molar-refractivity contribution in [3.8, 4) is 0 Å². The second-order valence-electron chi connectivity index (χ2n) is 3.63. The van der Waals surface area contributed by atoms with Gasteiger partial charge in [0, 0.05) is 5.92 Å². The lowest BCUT2D eigenvalue weighted by Crippen LogP contribution is -2.02. The van der Waals surface area contributed by atoms with Crippen LogP contribution in [0.4, 0.5) is 0 Å². The van der Waals surface area contributed by atoms with Crippen LogP contribution < -0.4 is 0 Å². The first-order valence-corrected chi connectivity index (χ1v) is 5.03. The molecule has 6 nitrogen and oxygen atoms in total. The molecule has 0 spiro atoms. The van der Waals surface area contributed by atoms with Crippen molar-refractivity contribution >= 4 is 28.6 Å². The Hall–Kier alpha value is -1.69. The maximum atomic E-state index is 10.9. The quantitative estimate of drug-likeness (QED) is 0.782. The number of H-pyrrole nitrogens is 1. The van der Waals surface area contributed by atoms with Crippen LogP contribution in [0.5, 0.6) is 0 Å². The molecule has 0 saturated heterocycles. The molecule has 84 valence electrons. The molecule has 0 saturated carbocycles. The summed E-state index contributed by atoms with van der Waals surface area (Å²) in [6, 6.07) is 0. The highest BCUT2D eigenvalue weighted by Crippen LogP contribution is 2.23. The van der Waals surface area contributed by atoms with Crippen LogP contribution in [0, 0.1) is 0 Å². The Bertz CT molecular complexity index is 564. The van der Waals surface area contributed by atoms with Crippen molar-refractivity contribution in [2.24, 2.45) is 0 Å². The lowest BCUT2D eigenvalue weighted by atomic mass is 10.2. The second kappa shape index (κ2) is 3.71. The molecular formula is C9H9ClN4O2. The number of hydrogen-bond donors (Lipinski definition) is 2. The Kier molecular flexibility index (Phi) is 2.51. The van der Waals surface area contributed by atoms with Gasteiger partial charge in [0.1, 0.15) is 16.9 Å². The monoisotopic (exact) mass is 240 g/mol. The summed E-state index contributed by atoms with van der Waals surface area (Å²) in [5, 5.41) is 15.2. The number of carboxylic acids is 1. The predicted molar refractivity (Wildman–Crippen MR) is 57.7 cm³/mol. The van der Waals surface area contributed by atoms with Crippen LogP contribution in [0.2, 0.25) is 5.15 Å². The number of carbonyl (C=O) groups is 1. The van der Waals surface area contributed by atoms with E-state index in [9.17, 15) is 4.79 Å². The summed E-state index contributed by atoms with van der Waals surface area (Å²) in [6.45, 7) is 3.80. The van der Waals surface area contributed by atoms with Crippen LogP contribution in [-0.4, -0.2) is 31.2 Å². The molecule has 0 aliphatic carbocycles. The van der Waals surface area contributed by atoms with E-state index >= 15 is 0 Å². The van der Waals surface area contributed by atoms with E-state index in [4.69, 9.17) is 16.7 Å². The van der Waals surface area contributed by atoms with Crippen molar-refractivity contribution in [2.75, 3.05) is 0 Å². The van der Waals surface area contributed by atoms with Crippen molar-refractivity contribution < 1.29 is 9.90 Å². The predicted octanol–water partition coefficient (Wildman–Crippen LogP) is 1.83. The molecule has 2 aromatic rings. The highest BCUT2D eigenvalue weighted by molar-refractivity contribution is 6.33. The number of halogens is 1. The zero-order valence-electron chi connectivity index (χ0n) is 8.65. The minimum atomic E-state index is -1.12. The van der Waals surface area contributed by atoms with Crippen molar-refractivity contribution in [2.45, 2.75) is 19.8 Å². The van der Waals surface area contributed by atoms with E-state index in [0.717, 1.165) is 0 Å². The summed E-state index contributed by atoms with van der Waals surface area (Å²) >= 11 is 5.90. The minimum absolute atomic E-state index is 0.0680. The molecular weight excluding hydrogens is 232 g/mol. The minimum Gasteiger partial charge on any atom is -0.476 e. The molecule has 2 heterocycles. The van der Waals surface area contributed by atoms with Crippen LogP contribution in [0.15, 0.2) is 0 Å². The van der Waals surface area contributed by atoms with Crippen LogP contribution in [0.3, 0.4) is 0 Å². The number of aromatic carboxylic acids is 1. The maximum absolute atomic E-state index is 10.9. The van der Waals surface area contributed by atoms with Gasteiger partial charge in [-0.1, -0.05) is 25.4 Å². The molecule has 0 radical (unpaired) electrons. The van der Waals surface area contributed by atoms with Crippen LogP contribution in [0.25, 0.3) is 11.0 Å². The topological polar surface area (TPSA) is 91.8 Å². The third-order valence-corrected chi connectivity index (χ3v) is 2.37. The van der Waals surface area contributed by atoms with Gasteiger partial charge in [-0.15, -0.1) is 0 Å². The van der Waals surface area contributed by atoms with Crippen LogP contribution in [0.1, 0.15) is 36.1 Å². The van der Waals surface area contributed by atoms with Gasteiger partial charge in [-0.05, 0) is 0 Å². The summed E-state index contributed by atoms with van der Waals surface area (Å²) in [7, 11) is 0. The fourth-order valence-electron chi connectivity index (χ4n) is 1.29. The normalized spacial score (nSPS) is 11.2. The highest BCUT2D eigenvalue weighted by Gasteiger charge is 2.18. The second-order valence-corrected chi connectivity index (χ2v) is 3.99. The van der Waals surface area contributed by atoms with Gasteiger partial charge in [-0.25, -0.2) is 14.8 Å². The summed E-state index contributed by atoms with van der Waals surface area (Å²) < 4.78 is 0. The van der Waals surface area contributed by atoms with Gasteiger partial charge in [0.05, 0.1) is 0 Å². The standard InChI is InChI=1S/C9H9ClN4O2/c1-3(2)8-11-4-5(7(10)12-8)13-14-6(4)9(15)16/h3H,1-2H3,(H,13,14)(H,15,16). The Morgan fingerprint density at radius 2 is 2.06 bits per heavy atom. The average molecular weight is 241 g/mol. The fraction of sp³-hybridized carbons (Fsp3) is 0.333. The number of aromatic amines is 1. The zero-order chi connectivity index (χ0) is 11.9.